The molecule has 2 fully saturated rings. The standard InChI is InChI=1S/C18H20N4O2S/c1-11-4-8-13(9-5-11)19-15(23)17-21-20-16(25-17)14-3-2-10-22(14)18(24)12-6-7-12/h4-5,8-9,12,14H,2-3,6-7,10H2,1H3,(H,19,23)/t14-/m0/s1. The summed E-state index contributed by atoms with van der Waals surface area (Å²) in [6.45, 7) is 2.78. The second-order valence-corrected chi connectivity index (χ2v) is 7.74. The molecule has 0 unspecified atom stereocenters. The summed E-state index contributed by atoms with van der Waals surface area (Å²) in [5, 5.41) is 12.2. The normalized spacial score (nSPS) is 19.9. The van der Waals surface area contributed by atoms with E-state index in [2.05, 4.69) is 15.5 Å². The molecule has 1 saturated heterocycles. The molecule has 2 heterocycles. The van der Waals surface area contributed by atoms with Gasteiger partial charge in [0.1, 0.15) is 5.01 Å². The fraction of sp³-hybridized carbons (Fsp3) is 0.444. The number of benzene rings is 1. The number of carbonyl (C=O) groups excluding carboxylic acids is 2. The number of carbonyl (C=O) groups is 2. The molecule has 130 valence electrons. The third kappa shape index (κ3) is 3.42. The smallest absolute Gasteiger partial charge is 0.286 e. The number of rotatable bonds is 4. The van der Waals surface area contributed by atoms with E-state index in [0.717, 1.165) is 48.5 Å². The summed E-state index contributed by atoms with van der Waals surface area (Å²) in [6, 6.07) is 7.60. The molecule has 1 aliphatic heterocycles. The molecule has 1 aliphatic carbocycles. The zero-order chi connectivity index (χ0) is 17.4. The molecule has 4 rings (SSSR count). The molecule has 0 radical (unpaired) electrons. The molecule has 2 aromatic rings. The number of amides is 2. The zero-order valence-electron chi connectivity index (χ0n) is 14.1. The van der Waals surface area contributed by atoms with Gasteiger partial charge in [-0.05, 0) is 44.7 Å². The highest BCUT2D eigenvalue weighted by atomic mass is 32.1. The van der Waals surface area contributed by atoms with Crippen molar-refractivity contribution in [2.45, 2.75) is 38.6 Å². The number of aryl methyl sites for hydroxylation is 1. The molecular weight excluding hydrogens is 336 g/mol. The van der Waals surface area contributed by atoms with Crippen molar-refractivity contribution in [2.75, 3.05) is 11.9 Å². The summed E-state index contributed by atoms with van der Waals surface area (Å²) in [5.41, 5.74) is 1.87. The average molecular weight is 356 g/mol. The monoisotopic (exact) mass is 356 g/mol. The molecule has 1 aromatic carbocycles. The van der Waals surface area contributed by atoms with E-state index in [4.69, 9.17) is 0 Å². The first-order chi connectivity index (χ1) is 12.1. The van der Waals surface area contributed by atoms with Crippen LogP contribution in [0.25, 0.3) is 0 Å². The maximum atomic E-state index is 12.4. The maximum Gasteiger partial charge on any atom is 0.286 e. The fourth-order valence-electron chi connectivity index (χ4n) is 3.13. The Labute approximate surface area is 150 Å². The van der Waals surface area contributed by atoms with E-state index in [0.29, 0.717) is 5.01 Å². The number of anilines is 1. The first-order valence-electron chi connectivity index (χ1n) is 8.64. The van der Waals surface area contributed by atoms with Crippen molar-refractivity contribution in [1.29, 1.82) is 0 Å². The Bertz CT molecular complexity index is 798. The highest BCUT2D eigenvalue weighted by molar-refractivity contribution is 7.13. The minimum Gasteiger partial charge on any atom is -0.333 e. The molecule has 7 heteroatoms. The number of nitrogens with one attached hydrogen (secondary N) is 1. The summed E-state index contributed by atoms with van der Waals surface area (Å²) < 4.78 is 0. The van der Waals surface area contributed by atoms with Crippen LogP contribution < -0.4 is 5.32 Å². The van der Waals surface area contributed by atoms with E-state index in [-0.39, 0.29) is 23.8 Å². The molecule has 1 N–H and O–H groups in total. The van der Waals surface area contributed by atoms with Crippen molar-refractivity contribution in [3.05, 3.63) is 39.8 Å². The minimum atomic E-state index is -0.259. The second kappa shape index (κ2) is 6.55. The summed E-state index contributed by atoms with van der Waals surface area (Å²) in [4.78, 5) is 26.7. The van der Waals surface area contributed by atoms with Crippen LogP contribution in [0.1, 0.15) is 52.1 Å². The Morgan fingerprint density at radius 2 is 1.92 bits per heavy atom. The van der Waals surface area contributed by atoms with Gasteiger partial charge in [-0.25, -0.2) is 0 Å². The molecule has 2 amide bonds. The van der Waals surface area contributed by atoms with Crippen molar-refractivity contribution < 1.29 is 9.59 Å². The van der Waals surface area contributed by atoms with Crippen LogP contribution >= 0.6 is 11.3 Å². The molecule has 1 atom stereocenters. The van der Waals surface area contributed by atoms with Gasteiger partial charge in [0, 0.05) is 18.2 Å². The highest BCUT2D eigenvalue weighted by Gasteiger charge is 2.40. The third-order valence-electron chi connectivity index (χ3n) is 4.69. The van der Waals surface area contributed by atoms with Crippen LogP contribution in [-0.2, 0) is 4.79 Å². The van der Waals surface area contributed by atoms with E-state index in [9.17, 15) is 9.59 Å². The van der Waals surface area contributed by atoms with E-state index in [1.165, 1.54) is 11.3 Å². The Morgan fingerprint density at radius 3 is 2.64 bits per heavy atom. The number of aromatic nitrogens is 2. The number of hydrogen-bond acceptors (Lipinski definition) is 5. The number of hydrogen-bond donors (Lipinski definition) is 1. The van der Waals surface area contributed by atoms with Gasteiger partial charge < -0.3 is 10.2 Å². The van der Waals surface area contributed by atoms with Crippen LogP contribution in [0.2, 0.25) is 0 Å². The maximum absolute atomic E-state index is 12.4. The minimum absolute atomic E-state index is 0.0217. The SMILES string of the molecule is Cc1ccc(NC(=O)c2nnc([C@@H]3CCCN3C(=O)C3CC3)s2)cc1. The lowest BCUT2D eigenvalue weighted by molar-refractivity contribution is -0.133. The van der Waals surface area contributed by atoms with Crippen LogP contribution in [-0.4, -0.2) is 33.5 Å². The van der Waals surface area contributed by atoms with Crippen molar-refractivity contribution in [3.63, 3.8) is 0 Å². The average Bonchev–Trinajstić information content (AvgIpc) is 3.14. The molecule has 25 heavy (non-hydrogen) atoms. The van der Waals surface area contributed by atoms with Crippen molar-refractivity contribution in [3.8, 4) is 0 Å². The van der Waals surface area contributed by atoms with Crippen LogP contribution in [0.3, 0.4) is 0 Å². The summed E-state index contributed by atoms with van der Waals surface area (Å²) in [6.07, 6.45) is 3.88. The van der Waals surface area contributed by atoms with Crippen LogP contribution in [0.15, 0.2) is 24.3 Å². The molecule has 1 saturated carbocycles. The number of likely N-dealkylation sites (tertiary alicyclic amines) is 1. The zero-order valence-corrected chi connectivity index (χ0v) is 14.9. The first kappa shape index (κ1) is 16.2. The molecule has 2 aliphatic rings. The molecular formula is C18H20N4O2S. The lowest BCUT2D eigenvalue weighted by atomic mass is 10.2. The second-order valence-electron chi connectivity index (χ2n) is 6.73. The topological polar surface area (TPSA) is 75.2 Å². The third-order valence-corrected chi connectivity index (χ3v) is 5.72. The van der Waals surface area contributed by atoms with Gasteiger partial charge in [0.2, 0.25) is 10.9 Å². The lowest BCUT2D eigenvalue weighted by Crippen LogP contribution is -2.31. The number of nitrogens with zero attached hydrogens (tertiary/aromatic N) is 3. The summed E-state index contributed by atoms with van der Waals surface area (Å²) in [5.74, 6) is 0.187. The first-order valence-corrected chi connectivity index (χ1v) is 9.45. The van der Waals surface area contributed by atoms with E-state index >= 15 is 0 Å². The lowest BCUT2D eigenvalue weighted by Gasteiger charge is -2.22. The fourth-order valence-corrected chi connectivity index (χ4v) is 4.02. The van der Waals surface area contributed by atoms with Gasteiger partial charge in [0.05, 0.1) is 6.04 Å². The molecule has 6 nitrogen and oxygen atoms in total. The van der Waals surface area contributed by atoms with Gasteiger partial charge in [0.15, 0.2) is 0 Å². The quantitative estimate of drug-likeness (QED) is 0.913. The van der Waals surface area contributed by atoms with Crippen molar-refractivity contribution in [2.24, 2.45) is 5.92 Å². The Kier molecular flexibility index (Phi) is 4.25. The predicted molar refractivity (Wildman–Crippen MR) is 95.5 cm³/mol. The molecule has 0 bridgehead atoms. The predicted octanol–water partition coefficient (Wildman–Crippen LogP) is 3.17. The summed E-state index contributed by atoms with van der Waals surface area (Å²) >= 11 is 1.29. The van der Waals surface area contributed by atoms with E-state index in [1.807, 2.05) is 36.1 Å². The van der Waals surface area contributed by atoms with Gasteiger partial charge in [-0.15, -0.1) is 10.2 Å². The van der Waals surface area contributed by atoms with Gasteiger partial charge in [-0.3, -0.25) is 9.59 Å². The van der Waals surface area contributed by atoms with Crippen molar-refractivity contribution >= 4 is 28.8 Å². The Balaban J connectivity index is 1.46. The van der Waals surface area contributed by atoms with Crippen LogP contribution in [0, 0.1) is 12.8 Å². The molecule has 0 spiro atoms. The summed E-state index contributed by atoms with van der Waals surface area (Å²) in [7, 11) is 0. The van der Waals surface area contributed by atoms with Crippen LogP contribution in [0.4, 0.5) is 5.69 Å². The van der Waals surface area contributed by atoms with Gasteiger partial charge in [-0.1, -0.05) is 29.0 Å². The van der Waals surface area contributed by atoms with E-state index < -0.39 is 0 Å². The van der Waals surface area contributed by atoms with Gasteiger partial charge >= 0.3 is 0 Å². The van der Waals surface area contributed by atoms with Crippen LogP contribution in [0.5, 0.6) is 0 Å². The molecule has 1 aromatic heterocycles. The highest BCUT2D eigenvalue weighted by Crippen LogP contribution is 2.39. The van der Waals surface area contributed by atoms with E-state index in [1.54, 1.807) is 0 Å². The van der Waals surface area contributed by atoms with Gasteiger partial charge in [-0.2, -0.15) is 0 Å². The van der Waals surface area contributed by atoms with Crippen molar-refractivity contribution in [1.82, 2.24) is 15.1 Å². The Hall–Kier alpha value is -2.28. The van der Waals surface area contributed by atoms with Gasteiger partial charge in [0.25, 0.3) is 5.91 Å². The Morgan fingerprint density at radius 1 is 1.16 bits per heavy atom. The largest absolute Gasteiger partial charge is 0.333 e.